The highest BCUT2D eigenvalue weighted by Gasteiger charge is 2.28. The average Bonchev–Trinajstić information content (AvgIpc) is 3.40. The molecule has 26 heavy (non-hydrogen) atoms. The van der Waals surface area contributed by atoms with Gasteiger partial charge in [0.05, 0.1) is 6.04 Å². The molecule has 0 saturated carbocycles. The summed E-state index contributed by atoms with van der Waals surface area (Å²) in [6.45, 7) is 2.23. The average molecular weight is 348 g/mol. The van der Waals surface area contributed by atoms with Crippen molar-refractivity contribution in [3.63, 3.8) is 0 Å². The number of hydrogen-bond donors (Lipinski definition) is 0. The van der Waals surface area contributed by atoms with Gasteiger partial charge in [-0.05, 0) is 42.7 Å². The summed E-state index contributed by atoms with van der Waals surface area (Å²) in [5.74, 6) is 3.56. The molecule has 1 aromatic carbocycles. The van der Waals surface area contributed by atoms with Gasteiger partial charge in [-0.15, -0.1) is 0 Å². The van der Waals surface area contributed by atoms with Crippen molar-refractivity contribution < 1.29 is 9.47 Å². The molecule has 0 amide bonds. The smallest absolute Gasteiger partial charge is 0.161 e. The van der Waals surface area contributed by atoms with Crippen LogP contribution < -0.4 is 14.4 Å². The van der Waals surface area contributed by atoms with Gasteiger partial charge in [0.25, 0.3) is 0 Å². The third kappa shape index (κ3) is 2.67. The van der Waals surface area contributed by atoms with Gasteiger partial charge in [-0.2, -0.15) is 0 Å². The molecule has 4 heterocycles. The molecule has 132 valence electrons. The Kier molecular flexibility index (Phi) is 3.74. The largest absolute Gasteiger partial charge is 0.486 e. The second-order valence-electron chi connectivity index (χ2n) is 6.58. The summed E-state index contributed by atoms with van der Waals surface area (Å²) < 4.78 is 13.3. The first-order chi connectivity index (χ1) is 12.9. The number of imidazole rings is 1. The molecule has 5 rings (SSSR count). The normalized spacial score (nSPS) is 18.9. The number of pyridine rings is 1. The van der Waals surface area contributed by atoms with Gasteiger partial charge in [-0.25, -0.2) is 9.97 Å². The van der Waals surface area contributed by atoms with Crippen LogP contribution in [0.5, 0.6) is 11.5 Å². The van der Waals surface area contributed by atoms with Gasteiger partial charge in [0, 0.05) is 18.9 Å². The topological polar surface area (TPSA) is 52.4 Å². The zero-order chi connectivity index (χ0) is 17.3. The first kappa shape index (κ1) is 15.3. The Labute approximate surface area is 152 Å². The summed E-state index contributed by atoms with van der Waals surface area (Å²) in [6, 6.07) is 12.7. The number of ether oxygens (including phenoxy) is 2. The minimum Gasteiger partial charge on any atom is -0.486 e. The predicted octanol–water partition coefficient (Wildman–Crippen LogP) is 3.38. The summed E-state index contributed by atoms with van der Waals surface area (Å²) in [7, 11) is 0. The van der Waals surface area contributed by atoms with Crippen molar-refractivity contribution >= 4 is 5.82 Å². The molecule has 2 aromatic heterocycles. The Bertz CT molecular complexity index is 910. The van der Waals surface area contributed by atoms with E-state index in [1.807, 2.05) is 22.9 Å². The minimum atomic E-state index is 0.302. The Morgan fingerprint density at radius 3 is 2.77 bits per heavy atom. The molecule has 0 unspecified atom stereocenters. The van der Waals surface area contributed by atoms with Crippen molar-refractivity contribution in [3.8, 4) is 17.3 Å². The van der Waals surface area contributed by atoms with Crippen molar-refractivity contribution in [2.75, 3.05) is 24.7 Å². The number of nitrogens with zero attached hydrogens (tertiary/aromatic N) is 4. The van der Waals surface area contributed by atoms with E-state index >= 15 is 0 Å². The molecule has 0 aliphatic carbocycles. The molecular formula is C20H20N4O2. The second-order valence-corrected chi connectivity index (χ2v) is 6.58. The van der Waals surface area contributed by atoms with Crippen LogP contribution in [0.1, 0.15) is 24.4 Å². The van der Waals surface area contributed by atoms with E-state index < -0.39 is 0 Å². The van der Waals surface area contributed by atoms with Crippen LogP contribution in [-0.2, 0) is 0 Å². The maximum absolute atomic E-state index is 5.76. The van der Waals surface area contributed by atoms with Gasteiger partial charge in [0.1, 0.15) is 31.2 Å². The Balaban J connectivity index is 1.47. The molecule has 6 heteroatoms. The van der Waals surface area contributed by atoms with Crippen LogP contribution in [0.25, 0.3) is 5.82 Å². The van der Waals surface area contributed by atoms with Gasteiger partial charge >= 0.3 is 0 Å². The number of rotatable bonds is 3. The Morgan fingerprint density at radius 2 is 1.88 bits per heavy atom. The molecule has 0 bridgehead atoms. The van der Waals surface area contributed by atoms with Gasteiger partial charge < -0.3 is 14.4 Å². The lowest BCUT2D eigenvalue weighted by Gasteiger charge is -2.27. The highest BCUT2D eigenvalue weighted by molar-refractivity contribution is 5.50. The third-order valence-corrected chi connectivity index (χ3v) is 4.99. The van der Waals surface area contributed by atoms with Crippen LogP contribution in [0.3, 0.4) is 0 Å². The highest BCUT2D eigenvalue weighted by atomic mass is 16.6. The highest BCUT2D eigenvalue weighted by Crippen LogP contribution is 2.39. The molecule has 0 N–H and O–H groups in total. The molecule has 3 aromatic rings. The quantitative estimate of drug-likeness (QED) is 0.726. The van der Waals surface area contributed by atoms with Crippen molar-refractivity contribution in [2.24, 2.45) is 0 Å². The van der Waals surface area contributed by atoms with Crippen LogP contribution >= 0.6 is 0 Å². The molecule has 0 spiro atoms. The maximum Gasteiger partial charge on any atom is 0.161 e. The lowest BCUT2D eigenvalue weighted by Crippen LogP contribution is -2.24. The molecular weight excluding hydrogens is 328 g/mol. The SMILES string of the molecule is c1cc(N2CCC[C@H]2c2ccc3c(c2)OCCO3)nc(-n2ccnc2)c1. The molecule has 6 nitrogen and oxygen atoms in total. The lowest BCUT2D eigenvalue weighted by molar-refractivity contribution is 0.171. The Hall–Kier alpha value is -3.02. The van der Waals surface area contributed by atoms with E-state index in [9.17, 15) is 0 Å². The first-order valence-corrected chi connectivity index (χ1v) is 9.00. The van der Waals surface area contributed by atoms with E-state index in [1.165, 1.54) is 5.56 Å². The van der Waals surface area contributed by atoms with E-state index in [0.29, 0.717) is 19.3 Å². The monoisotopic (exact) mass is 348 g/mol. The zero-order valence-electron chi connectivity index (χ0n) is 14.4. The zero-order valence-corrected chi connectivity index (χ0v) is 14.4. The standard InChI is InChI=1S/C20H20N4O2/c1-4-19(23-10-8-21-14-23)22-20(5-1)24-9-2-3-16(24)15-6-7-17-18(13-15)26-12-11-25-17/h1,4-8,10,13-14,16H,2-3,9,11-12H2/t16-/m0/s1. The fourth-order valence-electron chi connectivity index (χ4n) is 3.77. The second kappa shape index (κ2) is 6.37. The molecule has 2 aliphatic heterocycles. The number of anilines is 1. The van der Waals surface area contributed by atoms with Crippen molar-refractivity contribution in [1.82, 2.24) is 14.5 Å². The van der Waals surface area contributed by atoms with E-state index in [0.717, 1.165) is 42.5 Å². The summed E-state index contributed by atoms with van der Waals surface area (Å²) in [5.41, 5.74) is 1.25. The van der Waals surface area contributed by atoms with Gasteiger partial charge in [-0.3, -0.25) is 4.57 Å². The van der Waals surface area contributed by atoms with Crippen LogP contribution in [0, 0.1) is 0 Å². The van der Waals surface area contributed by atoms with E-state index in [2.05, 4.69) is 34.1 Å². The number of hydrogen-bond acceptors (Lipinski definition) is 5. The minimum absolute atomic E-state index is 0.302. The van der Waals surface area contributed by atoms with Gasteiger partial charge in [-0.1, -0.05) is 12.1 Å². The fraction of sp³-hybridized carbons (Fsp3) is 0.300. The van der Waals surface area contributed by atoms with E-state index in [-0.39, 0.29) is 0 Å². The molecule has 0 radical (unpaired) electrons. The van der Waals surface area contributed by atoms with Crippen LogP contribution in [0.15, 0.2) is 55.1 Å². The van der Waals surface area contributed by atoms with Gasteiger partial charge in [0.15, 0.2) is 11.5 Å². The molecule has 2 aliphatic rings. The van der Waals surface area contributed by atoms with Crippen molar-refractivity contribution in [3.05, 3.63) is 60.7 Å². The number of fused-ring (bicyclic) bond motifs is 1. The fourth-order valence-corrected chi connectivity index (χ4v) is 3.77. The molecule has 1 fully saturated rings. The third-order valence-electron chi connectivity index (χ3n) is 4.99. The van der Waals surface area contributed by atoms with E-state index in [1.54, 1.807) is 12.5 Å². The predicted molar refractivity (Wildman–Crippen MR) is 98.1 cm³/mol. The summed E-state index contributed by atoms with van der Waals surface area (Å²) in [5, 5.41) is 0. The van der Waals surface area contributed by atoms with Gasteiger partial charge in [0.2, 0.25) is 0 Å². The summed E-state index contributed by atoms with van der Waals surface area (Å²) in [6.07, 6.45) is 7.71. The maximum atomic E-state index is 5.76. The van der Waals surface area contributed by atoms with Crippen LogP contribution in [-0.4, -0.2) is 34.3 Å². The molecule has 1 atom stereocenters. The van der Waals surface area contributed by atoms with Crippen molar-refractivity contribution in [1.29, 1.82) is 0 Å². The van der Waals surface area contributed by atoms with Crippen LogP contribution in [0.2, 0.25) is 0 Å². The Morgan fingerprint density at radius 1 is 1.00 bits per heavy atom. The summed E-state index contributed by atoms with van der Waals surface area (Å²) >= 11 is 0. The summed E-state index contributed by atoms with van der Waals surface area (Å²) in [4.78, 5) is 11.3. The number of aromatic nitrogens is 3. The van der Waals surface area contributed by atoms with E-state index in [4.69, 9.17) is 14.5 Å². The van der Waals surface area contributed by atoms with Crippen LogP contribution in [0.4, 0.5) is 5.82 Å². The molecule has 1 saturated heterocycles. The van der Waals surface area contributed by atoms with Crippen molar-refractivity contribution in [2.45, 2.75) is 18.9 Å². The first-order valence-electron chi connectivity index (χ1n) is 9.00. The lowest BCUT2D eigenvalue weighted by atomic mass is 10.0. The number of benzene rings is 1.